The molecule has 0 unspecified atom stereocenters. The fourth-order valence-electron chi connectivity index (χ4n) is 2.76. The van der Waals surface area contributed by atoms with Crippen LogP contribution >= 0.6 is 11.6 Å². The van der Waals surface area contributed by atoms with E-state index in [1.807, 2.05) is 57.2 Å². The van der Waals surface area contributed by atoms with Crippen LogP contribution in [0.5, 0.6) is 0 Å². The normalized spacial score (nSPS) is 11.3. The van der Waals surface area contributed by atoms with Gasteiger partial charge in [-0.15, -0.1) is 0 Å². The molecule has 0 bridgehead atoms. The van der Waals surface area contributed by atoms with Crippen molar-refractivity contribution in [2.24, 2.45) is 0 Å². The third kappa shape index (κ3) is 4.44. The van der Waals surface area contributed by atoms with Crippen LogP contribution in [0.1, 0.15) is 36.7 Å². The molecule has 6 heteroatoms. The highest BCUT2D eigenvalue weighted by Gasteiger charge is 2.22. The maximum atomic E-state index is 11.5. The lowest BCUT2D eigenvalue weighted by Crippen LogP contribution is -2.17. The molecule has 27 heavy (non-hydrogen) atoms. The number of nitrogens with one attached hydrogen (secondary N) is 1. The average molecular weight is 382 g/mol. The van der Waals surface area contributed by atoms with Crippen LogP contribution in [0.3, 0.4) is 0 Å². The summed E-state index contributed by atoms with van der Waals surface area (Å²) in [5.74, 6) is -0.502. The van der Waals surface area contributed by atoms with E-state index in [4.69, 9.17) is 11.6 Å². The van der Waals surface area contributed by atoms with Crippen molar-refractivity contribution in [3.05, 3.63) is 70.9 Å². The first-order chi connectivity index (χ1) is 12.7. The van der Waals surface area contributed by atoms with Crippen LogP contribution < -0.4 is 5.32 Å². The number of nitrogens with zero attached hydrogens (tertiary/aromatic N) is 2. The number of hydrogen-bond donors (Lipinski definition) is 2. The highest BCUT2D eigenvalue weighted by molar-refractivity contribution is 6.30. The Morgan fingerprint density at radius 1 is 1.07 bits per heavy atom. The van der Waals surface area contributed by atoms with Crippen molar-refractivity contribution in [2.45, 2.75) is 26.2 Å². The standard InChI is InChI=1S/C21H20ClN3O2/c1-21(2,3)17-12-15(8-9-16(17)19(26)27)24-20-23-11-10-18(25-20)13-4-6-14(22)7-5-13/h4-12H,1-3H3,(H,26,27)(H,23,24,25). The number of anilines is 2. The number of hydrogen-bond acceptors (Lipinski definition) is 4. The second kappa shape index (κ2) is 7.37. The van der Waals surface area contributed by atoms with Crippen molar-refractivity contribution in [1.82, 2.24) is 9.97 Å². The van der Waals surface area contributed by atoms with E-state index in [1.165, 1.54) is 0 Å². The predicted molar refractivity (Wildman–Crippen MR) is 108 cm³/mol. The van der Waals surface area contributed by atoms with Crippen LogP contribution in [0.4, 0.5) is 11.6 Å². The fourth-order valence-corrected chi connectivity index (χ4v) is 2.88. The van der Waals surface area contributed by atoms with E-state index in [0.717, 1.165) is 22.5 Å². The first-order valence-electron chi connectivity index (χ1n) is 8.48. The summed E-state index contributed by atoms with van der Waals surface area (Å²) in [6.45, 7) is 5.95. The lowest BCUT2D eigenvalue weighted by Gasteiger charge is -2.22. The van der Waals surface area contributed by atoms with E-state index in [1.54, 1.807) is 18.3 Å². The van der Waals surface area contributed by atoms with E-state index in [9.17, 15) is 9.90 Å². The van der Waals surface area contributed by atoms with Gasteiger partial charge in [-0.1, -0.05) is 44.5 Å². The monoisotopic (exact) mass is 381 g/mol. The molecule has 138 valence electrons. The lowest BCUT2D eigenvalue weighted by molar-refractivity contribution is 0.0694. The first kappa shape index (κ1) is 18.9. The van der Waals surface area contributed by atoms with Gasteiger partial charge in [-0.2, -0.15) is 0 Å². The number of carboxylic acids is 1. The third-order valence-electron chi connectivity index (χ3n) is 4.11. The molecule has 0 aliphatic heterocycles. The molecule has 3 aromatic rings. The molecule has 1 aromatic heterocycles. The molecule has 0 fully saturated rings. The summed E-state index contributed by atoms with van der Waals surface area (Å²) < 4.78 is 0. The molecular formula is C21H20ClN3O2. The van der Waals surface area contributed by atoms with Gasteiger partial charge in [-0.3, -0.25) is 0 Å². The number of carboxylic acid groups (broad SMARTS) is 1. The molecule has 3 rings (SSSR count). The van der Waals surface area contributed by atoms with E-state index in [0.29, 0.717) is 16.5 Å². The van der Waals surface area contributed by atoms with E-state index in [2.05, 4.69) is 15.3 Å². The van der Waals surface area contributed by atoms with Crippen LogP contribution in [0.15, 0.2) is 54.7 Å². The SMILES string of the molecule is CC(C)(C)c1cc(Nc2nccc(-c3ccc(Cl)cc3)n2)ccc1C(=O)O. The highest BCUT2D eigenvalue weighted by Crippen LogP contribution is 2.30. The van der Waals surface area contributed by atoms with Gasteiger partial charge in [0.05, 0.1) is 11.3 Å². The molecule has 0 atom stereocenters. The van der Waals surface area contributed by atoms with Crippen molar-refractivity contribution in [2.75, 3.05) is 5.32 Å². The highest BCUT2D eigenvalue weighted by atomic mass is 35.5. The molecule has 0 saturated heterocycles. The number of halogens is 1. The van der Waals surface area contributed by atoms with Crippen LogP contribution in [0, 0.1) is 0 Å². The summed E-state index contributed by atoms with van der Waals surface area (Å²) in [4.78, 5) is 20.3. The number of aromatic nitrogens is 2. The zero-order valence-electron chi connectivity index (χ0n) is 15.3. The molecular weight excluding hydrogens is 362 g/mol. The lowest BCUT2D eigenvalue weighted by atomic mass is 9.83. The molecule has 0 aliphatic rings. The minimum absolute atomic E-state index is 0.295. The summed E-state index contributed by atoms with van der Waals surface area (Å²) in [6, 6.07) is 14.4. The van der Waals surface area contributed by atoms with Crippen molar-refractivity contribution < 1.29 is 9.90 Å². The van der Waals surface area contributed by atoms with Crippen LogP contribution in [-0.4, -0.2) is 21.0 Å². The summed E-state index contributed by atoms with van der Waals surface area (Å²) >= 11 is 5.94. The summed E-state index contributed by atoms with van der Waals surface area (Å²) in [7, 11) is 0. The van der Waals surface area contributed by atoms with Crippen molar-refractivity contribution in [3.63, 3.8) is 0 Å². The van der Waals surface area contributed by atoms with Crippen LogP contribution in [-0.2, 0) is 5.41 Å². The number of carbonyl (C=O) groups is 1. The van der Waals surface area contributed by atoms with E-state index >= 15 is 0 Å². The zero-order chi connectivity index (χ0) is 19.6. The van der Waals surface area contributed by atoms with Crippen molar-refractivity contribution >= 4 is 29.2 Å². The minimum Gasteiger partial charge on any atom is -0.478 e. The summed E-state index contributed by atoms with van der Waals surface area (Å²) in [5, 5.41) is 13.3. The van der Waals surface area contributed by atoms with Gasteiger partial charge in [0, 0.05) is 22.5 Å². The summed E-state index contributed by atoms with van der Waals surface area (Å²) in [5.41, 5.74) is 3.16. The Kier molecular flexibility index (Phi) is 5.15. The largest absolute Gasteiger partial charge is 0.478 e. The Balaban J connectivity index is 1.93. The second-order valence-corrected chi connectivity index (χ2v) is 7.65. The molecule has 5 nitrogen and oxygen atoms in total. The maximum absolute atomic E-state index is 11.5. The molecule has 0 spiro atoms. The molecule has 0 radical (unpaired) electrons. The topological polar surface area (TPSA) is 75.1 Å². The summed E-state index contributed by atoms with van der Waals surface area (Å²) in [6.07, 6.45) is 1.68. The first-order valence-corrected chi connectivity index (χ1v) is 8.86. The second-order valence-electron chi connectivity index (χ2n) is 7.21. The molecule has 2 aromatic carbocycles. The Hall–Kier alpha value is -2.92. The molecule has 0 saturated carbocycles. The molecule has 2 N–H and O–H groups in total. The van der Waals surface area contributed by atoms with Gasteiger partial charge in [-0.25, -0.2) is 14.8 Å². The number of rotatable bonds is 4. The molecule has 1 heterocycles. The quantitative estimate of drug-likeness (QED) is 0.620. The van der Waals surface area contributed by atoms with E-state index < -0.39 is 5.97 Å². The van der Waals surface area contributed by atoms with Gasteiger partial charge in [0.25, 0.3) is 0 Å². The van der Waals surface area contributed by atoms with Crippen molar-refractivity contribution in [1.29, 1.82) is 0 Å². The molecule has 0 aliphatic carbocycles. The third-order valence-corrected chi connectivity index (χ3v) is 4.36. The Bertz CT molecular complexity index is 979. The van der Waals surface area contributed by atoms with Crippen LogP contribution in [0.2, 0.25) is 5.02 Å². The smallest absolute Gasteiger partial charge is 0.335 e. The van der Waals surface area contributed by atoms with Gasteiger partial charge in [-0.05, 0) is 47.4 Å². The average Bonchev–Trinajstić information content (AvgIpc) is 2.61. The van der Waals surface area contributed by atoms with Gasteiger partial charge in [0.1, 0.15) is 0 Å². The van der Waals surface area contributed by atoms with Gasteiger partial charge in [0.2, 0.25) is 5.95 Å². The predicted octanol–water partition coefficient (Wildman–Crippen LogP) is 5.54. The van der Waals surface area contributed by atoms with Gasteiger partial charge in [0.15, 0.2) is 0 Å². The fraction of sp³-hybridized carbons (Fsp3) is 0.190. The van der Waals surface area contributed by atoms with Crippen molar-refractivity contribution in [3.8, 4) is 11.3 Å². The van der Waals surface area contributed by atoms with Crippen LogP contribution in [0.25, 0.3) is 11.3 Å². The van der Waals surface area contributed by atoms with Gasteiger partial charge < -0.3 is 10.4 Å². The molecule has 0 amide bonds. The Morgan fingerprint density at radius 2 is 1.78 bits per heavy atom. The zero-order valence-corrected chi connectivity index (χ0v) is 16.1. The van der Waals surface area contributed by atoms with Gasteiger partial charge >= 0.3 is 5.97 Å². The van der Waals surface area contributed by atoms with E-state index in [-0.39, 0.29) is 5.41 Å². The Labute approximate surface area is 163 Å². The number of aromatic carboxylic acids is 1. The number of benzene rings is 2. The minimum atomic E-state index is -0.938. The maximum Gasteiger partial charge on any atom is 0.335 e. The Morgan fingerprint density at radius 3 is 2.41 bits per heavy atom.